The molecule has 0 radical (unpaired) electrons. The summed E-state index contributed by atoms with van der Waals surface area (Å²) < 4.78 is 5.37. The number of ether oxygens (including phenoxy) is 1. The number of hydrogen-bond acceptors (Lipinski definition) is 3. The predicted octanol–water partition coefficient (Wildman–Crippen LogP) is 3.03. The number of amides is 1. The maximum absolute atomic E-state index is 12.1. The fraction of sp³-hybridized carbons (Fsp3) is 0.385. The highest BCUT2D eigenvalue weighted by Crippen LogP contribution is 2.23. The second kappa shape index (κ2) is 6.91. The highest BCUT2D eigenvalue weighted by molar-refractivity contribution is 9.10. The number of benzene rings is 1. The number of hydrogen-bond donors (Lipinski definition) is 1. The zero-order valence-electron chi connectivity index (χ0n) is 10.9. The summed E-state index contributed by atoms with van der Waals surface area (Å²) in [6, 6.07) is 4.16. The lowest BCUT2D eigenvalue weighted by Gasteiger charge is -2.19. The predicted molar refractivity (Wildman–Crippen MR) is 77.3 cm³/mol. The molecule has 1 unspecified atom stereocenters. The summed E-state index contributed by atoms with van der Waals surface area (Å²) in [5.41, 5.74) is 0.391. The van der Waals surface area contributed by atoms with Gasteiger partial charge in [0, 0.05) is 10.0 Å². The van der Waals surface area contributed by atoms with Crippen LogP contribution in [0.2, 0.25) is 5.02 Å². The summed E-state index contributed by atoms with van der Waals surface area (Å²) in [6.07, 6.45) is 0. The maximum atomic E-state index is 12.1. The van der Waals surface area contributed by atoms with E-state index in [4.69, 9.17) is 11.6 Å². The molecule has 1 aromatic rings. The first-order valence-corrected chi connectivity index (χ1v) is 6.87. The molecule has 104 valence electrons. The molecule has 0 heterocycles. The standard InChI is InChI=1S/C13H15BrClNO3/c1-7(2)11(13(18)19-3)16-12(17)8-4-5-9(14)10(15)6-8/h4-7,11H,1-3H3,(H,16,17). The average Bonchev–Trinajstić information content (AvgIpc) is 2.37. The van der Waals surface area contributed by atoms with E-state index in [0.29, 0.717) is 15.1 Å². The fourth-order valence-electron chi connectivity index (χ4n) is 1.49. The number of carbonyl (C=O) groups excluding carboxylic acids is 2. The van der Waals surface area contributed by atoms with Gasteiger partial charge in [0.1, 0.15) is 6.04 Å². The lowest BCUT2D eigenvalue weighted by molar-refractivity contribution is -0.144. The Bertz CT molecular complexity index is 491. The van der Waals surface area contributed by atoms with E-state index in [1.165, 1.54) is 13.2 Å². The smallest absolute Gasteiger partial charge is 0.328 e. The van der Waals surface area contributed by atoms with Crippen molar-refractivity contribution < 1.29 is 14.3 Å². The van der Waals surface area contributed by atoms with Gasteiger partial charge in [-0.1, -0.05) is 25.4 Å². The van der Waals surface area contributed by atoms with Crippen LogP contribution in [0.5, 0.6) is 0 Å². The van der Waals surface area contributed by atoms with Gasteiger partial charge in [-0.15, -0.1) is 0 Å². The SMILES string of the molecule is COC(=O)C(NC(=O)c1ccc(Br)c(Cl)c1)C(C)C. The van der Waals surface area contributed by atoms with Crippen LogP contribution in [0.1, 0.15) is 24.2 Å². The molecule has 19 heavy (non-hydrogen) atoms. The summed E-state index contributed by atoms with van der Waals surface area (Å²) in [7, 11) is 1.29. The molecular formula is C13H15BrClNO3. The van der Waals surface area contributed by atoms with Gasteiger partial charge in [0.25, 0.3) is 5.91 Å². The van der Waals surface area contributed by atoms with Crippen molar-refractivity contribution in [1.82, 2.24) is 5.32 Å². The Morgan fingerprint density at radius 3 is 2.47 bits per heavy atom. The van der Waals surface area contributed by atoms with E-state index in [1.807, 2.05) is 13.8 Å². The lowest BCUT2D eigenvalue weighted by atomic mass is 10.0. The molecule has 1 aromatic carbocycles. The van der Waals surface area contributed by atoms with Gasteiger partial charge in [-0.05, 0) is 40.0 Å². The maximum Gasteiger partial charge on any atom is 0.328 e. The topological polar surface area (TPSA) is 55.4 Å². The lowest BCUT2D eigenvalue weighted by Crippen LogP contribution is -2.45. The third-order valence-electron chi connectivity index (χ3n) is 2.59. The van der Waals surface area contributed by atoms with E-state index >= 15 is 0 Å². The van der Waals surface area contributed by atoms with Gasteiger partial charge in [-0.2, -0.15) is 0 Å². The molecule has 0 saturated carbocycles. The number of rotatable bonds is 4. The molecule has 4 nitrogen and oxygen atoms in total. The Balaban J connectivity index is 2.87. The number of halogens is 2. The Kier molecular flexibility index (Phi) is 5.82. The van der Waals surface area contributed by atoms with E-state index in [2.05, 4.69) is 26.0 Å². The molecule has 1 amide bonds. The van der Waals surface area contributed by atoms with Crippen LogP contribution < -0.4 is 5.32 Å². The van der Waals surface area contributed by atoms with Gasteiger partial charge in [0.05, 0.1) is 12.1 Å². The van der Waals surface area contributed by atoms with Crippen molar-refractivity contribution in [3.63, 3.8) is 0 Å². The minimum Gasteiger partial charge on any atom is -0.467 e. The zero-order valence-corrected chi connectivity index (χ0v) is 13.2. The third kappa shape index (κ3) is 4.21. The van der Waals surface area contributed by atoms with E-state index in [9.17, 15) is 9.59 Å². The number of esters is 1. The van der Waals surface area contributed by atoms with Crippen molar-refractivity contribution in [2.45, 2.75) is 19.9 Å². The average molecular weight is 349 g/mol. The van der Waals surface area contributed by atoms with Crippen LogP contribution in [0.4, 0.5) is 0 Å². The first kappa shape index (κ1) is 16.0. The second-order valence-electron chi connectivity index (χ2n) is 4.35. The van der Waals surface area contributed by atoms with Crippen LogP contribution in [0.3, 0.4) is 0 Å². The van der Waals surface area contributed by atoms with Crippen molar-refractivity contribution in [2.75, 3.05) is 7.11 Å². The number of methoxy groups -OCH3 is 1. The molecule has 0 bridgehead atoms. The highest BCUT2D eigenvalue weighted by Gasteiger charge is 2.25. The van der Waals surface area contributed by atoms with Crippen LogP contribution in [0.25, 0.3) is 0 Å². The normalized spacial score (nSPS) is 12.1. The van der Waals surface area contributed by atoms with E-state index in [0.717, 1.165) is 0 Å². The van der Waals surface area contributed by atoms with Crippen molar-refractivity contribution in [3.05, 3.63) is 33.3 Å². The van der Waals surface area contributed by atoms with Crippen molar-refractivity contribution in [2.24, 2.45) is 5.92 Å². The molecule has 6 heteroatoms. The minimum atomic E-state index is -0.681. The van der Waals surface area contributed by atoms with Gasteiger partial charge < -0.3 is 10.1 Å². The van der Waals surface area contributed by atoms with Gasteiger partial charge in [-0.3, -0.25) is 4.79 Å². The summed E-state index contributed by atoms with van der Waals surface area (Å²) in [6.45, 7) is 3.66. The molecule has 1 atom stereocenters. The van der Waals surface area contributed by atoms with Crippen LogP contribution >= 0.6 is 27.5 Å². The Hall–Kier alpha value is -1.07. The summed E-state index contributed by atoms with van der Waals surface area (Å²) in [4.78, 5) is 23.6. The van der Waals surface area contributed by atoms with Crippen LogP contribution in [-0.2, 0) is 9.53 Å². The van der Waals surface area contributed by atoms with Crippen molar-refractivity contribution >= 4 is 39.4 Å². The zero-order chi connectivity index (χ0) is 14.6. The number of nitrogens with one attached hydrogen (secondary N) is 1. The summed E-state index contributed by atoms with van der Waals surface area (Å²) in [5.74, 6) is -0.896. The molecule has 0 spiro atoms. The molecule has 0 aliphatic rings. The molecule has 0 aliphatic carbocycles. The summed E-state index contributed by atoms with van der Waals surface area (Å²) in [5, 5.41) is 3.08. The van der Waals surface area contributed by atoms with Gasteiger partial charge in [-0.25, -0.2) is 4.79 Å². The molecule has 0 aliphatic heterocycles. The van der Waals surface area contributed by atoms with E-state index < -0.39 is 12.0 Å². The fourth-order valence-corrected chi connectivity index (χ4v) is 1.91. The minimum absolute atomic E-state index is 0.0673. The quantitative estimate of drug-likeness (QED) is 0.851. The van der Waals surface area contributed by atoms with Crippen molar-refractivity contribution in [1.29, 1.82) is 0 Å². The number of carbonyl (C=O) groups is 2. The third-order valence-corrected chi connectivity index (χ3v) is 3.82. The van der Waals surface area contributed by atoms with Gasteiger partial charge in [0.2, 0.25) is 0 Å². The molecule has 0 fully saturated rings. The molecule has 1 rings (SSSR count). The van der Waals surface area contributed by atoms with Gasteiger partial charge >= 0.3 is 5.97 Å². The van der Waals surface area contributed by atoms with Crippen LogP contribution in [0.15, 0.2) is 22.7 Å². The first-order chi connectivity index (χ1) is 8.86. The molecule has 1 N–H and O–H groups in total. The summed E-state index contributed by atoms with van der Waals surface area (Å²) >= 11 is 9.18. The van der Waals surface area contributed by atoms with Crippen LogP contribution in [-0.4, -0.2) is 25.0 Å². The Labute approximate surface area is 125 Å². The monoisotopic (exact) mass is 347 g/mol. The van der Waals surface area contributed by atoms with Gasteiger partial charge in [0.15, 0.2) is 0 Å². The first-order valence-electron chi connectivity index (χ1n) is 5.70. The Morgan fingerprint density at radius 2 is 2.00 bits per heavy atom. The molecule has 0 aromatic heterocycles. The Morgan fingerprint density at radius 1 is 1.37 bits per heavy atom. The van der Waals surface area contributed by atoms with E-state index in [-0.39, 0.29) is 11.8 Å². The molecular weight excluding hydrogens is 334 g/mol. The second-order valence-corrected chi connectivity index (χ2v) is 5.61. The highest BCUT2D eigenvalue weighted by atomic mass is 79.9. The van der Waals surface area contributed by atoms with Crippen molar-refractivity contribution in [3.8, 4) is 0 Å². The van der Waals surface area contributed by atoms with Crippen LogP contribution in [0, 0.1) is 5.92 Å². The van der Waals surface area contributed by atoms with E-state index in [1.54, 1.807) is 12.1 Å². The molecule has 0 saturated heterocycles. The largest absolute Gasteiger partial charge is 0.467 e.